The minimum absolute atomic E-state index is 0.0417. The van der Waals surface area contributed by atoms with Crippen molar-refractivity contribution in [3.63, 3.8) is 0 Å². The summed E-state index contributed by atoms with van der Waals surface area (Å²) in [4.78, 5) is 23.8. The lowest BCUT2D eigenvalue weighted by Crippen LogP contribution is -2.30. The van der Waals surface area contributed by atoms with Crippen LogP contribution in [0.1, 0.15) is 63.5 Å². The van der Waals surface area contributed by atoms with E-state index in [1.54, 1.807) is 0 Å². The van der Waals surface area contributed by atoms with Crippen LogP contribution in [0.3, 0.4) is 0 Å². The van der Waals surface area contributed by atoms with E-state index in [-0.39, 0.29) is 30.7 Å². The van der Waals surface area contributed by atoms with Gasteiger partial charge >= 0.3 is 0 Å². The summed E-state index contributed by atoms with van der Waals surface area (Å²) in [6.45, 7) is 2.62. The summed E-state index contributed by atoms with van der Waals surface area (Å²) in [5.74, 6) is -0.134. The molecule has 0 saturated carbocycles. The van der Waals surface area contributed by atoms with Crippen LogP contribution in [0.4, 0.5) is 0 Å². The largest absolute Gasteiger partial charge is 0.356 e. The molecular formula is C20H28N2O2. The van der Waals surface area contributed by atoms with Gasteiger partial charge in [-0.1, -0.05) is 42.0 Å². The van der Waals surface area contributed by atoms with Crippen molar-refractivity contribution in [1.82, 2.24) is 10.6 Å². The van der Waals surface area contributed by atoms with Crippen LogP contribution in [-0.2, 0) is 9.59 Å². The van der Waals surface area contributed by atoms with Crippen LogP contribution in [0.2, 0.25) is 0 Å². The number of hydrogen-bond donors (Lipinski definition) is 2. The maximum absolute atomic E-state index is 12.0. The van der Waals surface area contributed by atoms with Gasteiger partial charge in [0, 0.05) is 19.4 Å². The standard InChI is InChI=1S/C20H28N2O2/c1-16(18-10-6-3-7-11-18)22-20(24)13-12-19(23)21-15-14-17-8-4-2-5-9-17/h3,6-8,10-11,16H,2,4-5,9,12-15H2,1H3,(H,21,23)(H,22,24). The fraction of sp³-hybridized carbons (Fsp3) is 0.500. The molecule has 1 unspecified atom stereocenters. The van der Waals surface area contributed by atoms with Gasteiger partial charge in [0.15, 0.2) is 0 Å². The number of rotatable bonds is 8. The Kier molecular flexibility index (Phi) is 7.53. The molecule has 0 radical (unpaired) electrons. The third kappa shape index (κ3) is 6.57. The highest BCUT2D eigenvalue weighted by molar-refractivity contribution is 5.83. The molecule has 1 aromatic carbocycles. The second kappa shape index (κ2) is 9.91. The van der Waals surface area contributed by atoms with Crippen LogP contribution < -0.4 is 10.6 Å². The van der Waals surface area contributed by atoms with Crippen LogP contribution >= 0.6 is 0 Å². The Labute approximate surface area is 144 Å². The van der Waals surface area contributed by atoms with Crippen molar-refractivity contribution in [2.75, 3.05) is 6.54 Å². The highest BCUT2D eigenvalue weighted by Crippen LogP contribution is 2.19. The van der Waals surface area contributed by atoms with Gasteiger partial charge in [-0.2, -0.15) is 0 Å². The third-order valence-corrected chi connectivity index (χ3v) is 4.41. The minimum atomic E-state index is -0.0866. The molecule has 24 heavy (non-hydrogen) atoms. The molecule has 0 heterocycles. The molecule has 0 fully saturated rings. The summed E-state index contributed by atoms with van der Waals surface area (Å²) < 4.78 is 0. The van der Waals surface area contributed by atoms with Crippen LogP contribution in [-0.4, -0.2) is 18.4 Å². The van der Waals surface area contributed by atoms with E-state index in [1.807, 2.05) is 37.3 Å². The Morgan fingerprint density at radius 3 is 2.54 bits per heavy atom. The molecule has 1 aliphatic rings. The molecule has 0 spiro atoms. The second-order valence-electron chi connectivity index (χ2n) is 6.41. The number of hydrogen-bond acceptors (Lipinski definition) is 2. The van der Waals surface area contributed by atoms with Crippen molar-refractivity contribution in [2.24, 2.45) is 0 Å². The Balaban J connectivity index is 1.60. The first-order chi connectivity index (χ1) is 11.6. The van der Waals surface area contributed by atoms with E-state index >= 15 is 0 Å². The lowest BCUT2D eigenvalue weighted by Gasteiger charge is -2.14. The van der Waals surface area contributed by atoms with Crippen molar-refractivity contribution in [3.05, 3.63) is 47.5 Å². The van der Waals surface area contributed by atoms with E-state index in [2.05, 4.69) is 16.7 Å². The number of carbonyl (C=O) groups excluding carboxylic acids is 2. The summed E-state index contributed by atoms with van der Waals surface area (Å²) in [5.41, 5.74) is 2.52. The molecule has 4 nitrogen and oxygen atoms in total. The van der Waals surface area contributed by atoms with Crippen LogP contribution in [0.15, 0.2) is 42.0 Å². The fourth-order valence-corrected chi connectivity index (χ4v) is 2.95. The zero-order chi connectivity index (χ0) is 17.2. The van der Waals surface area contributed by atoms with Crippen molar-refractivity contribution >= 4 is 11.8 Å². The summed E-state index contributed by atoms with van der Waals surface area (Å²) in [6, 6.07) is 9.78. The maximum atomic E-state index is 12.0. The van der Waals surface area contributed by atoms with E-state index in [0.29, 0.717) is 6.54 Å². The molecule has 0 bridgehead atoms. The molecule has 4 heteroatoms. The fourth-order valence-electron chi connectivity index (χ4n) is 2.95. The van der Waals surface area contributed by atoms with E-state index in [0.717, 1.165) is 18.4 Å². The van der Waals surface area contributed by atoms with Gasteiger partial charge in [0.05, 0.1) is 6.04 Å². The Morgan fingerprint density at radius 1 is 1.08 bits per heavy atom. The molecule has 1 aliphatic carbocycles. The monoisotopic (exact) mass is 328 g/mol. The van der Waals surface area contributed by atoms with Gasteiger partial charge in [-0.05, 0) is 44.6 Å². The summed E-state index contributed by atoms with van der Waals surface area (Å²) in [7, 11) is 0. The van der Waals surface area contributed by atoms with Gasteiger partial charge in [-0.15, -0.1) is 0 Å². The first-order valence-electron chi connectivity index (χ1n) is 8.94. The van der Waals surface area contributed by atoms with Gasteiger partial charge in [0.25, 0.3) is 0 Å². The summed E-state index contributed by atoms with van der Waals surface area (Å²) >= 11 is 0. The van der Waals surface area contributed by atoms with Crippen molar-refractivity contribution in [2.45, 2.75) is 57.9 Å². The lowest BCUT2D eigenvalue weighted by atomic mass is 9.97. The molecule has 1 aromatic rings. The van der Waals surface area contributed by atoms with E-state index in [1.165, 1.54) is 24.8 Å². The lowest BCUT2D eigenvalue weighted by molar-refractivity contribution is -0.126. The van der Waals surface area contributed by atoms with Crippen LogP contribution in [0.5, 0.6) is 0 Å². The van der Waals surface area contributed by atoms with E-state index < -0.39 is 0 Å². The third-order valence-electron chi connectivity index (χ3n) is 4.41. The van der Waals surface area contributed by atoms with Crippen LogP contribution in [0.25, 0.3) is 0 Å². The highest BCUT2D eigenvalue weighted by Gasteiger charge is 2.11. The number of amides is 2. The number of carbonyl (C=O) groups is 2. The molecule has 2 N–H and O–H groups in total. The van der Waals surface area contributed by atoms with Gasteiger partial charge in [0.1, 0.15) is 0 Å². The molecular weight excluding hydrogens is 300 g/mol. The normalized spacial score (nSPS) is 15.3. The first kappa shape index (κ1) is 18.2. The quantitative estimate of drug-likeness (QED) is 0.716. The molecule has 0 saturated heterocycles. The Hall–Kier alpha value is -2.10. The van der Waals surface area contributed by atoms with E-state index in [9.17, 15) is 9.59 Å². The van der Waals surface area contributed by atoms with Crippen LogP contribution in [0, 0.1) is 0 Å². The zero-order valence-electron chi connectivity index (χ0n) is 14.5. The van der Waals surface area contributed by atoms with Gasteiger partial charge in [0.2, 0.25) is 11.8 Å². The topological polar surface area (TPSA) is 58.2 Å². The average molecular weight is 328 g/mol. The van der Waals surface area contributed by atoms with Gasteiger partial charge < -0.3 is 10.6 Å². The number of benzene rings is 1. The molecule has 1 atom stereocenters. The first-order valence-corrected chi connectivity index (χ1v) is 8.94. The Morgan fingerprint density at radius 2 is 1.83 bits per heavy atom. The molecule has 0 aromatic heterocycles. The van der Waals surface area contributed by atoms with E-state index in [4.69, 9.17) is 0 Å². The summed E-state index contributed by atoms with van der Waals surface area (Å²) in [6.07, 6.45) is 8.58. The molecule has 2 amide bonds. The molecule has 130 valence electrons. The zero-order valence-corrected chi connectivity index (χ0v) is 14.5. The Bertz CT molecular complexity index is 566. The van der Waals surface area contributed by atoms with Crippen molar-refractivity contribution < 1.29 is 9.59 Å². The summed E-state index contributed by atoms with van der Waals surface area (Å²) in [5, 5.41) is 5.84. The van der Waals surface area contributed by atoms with Crippen molar-refractivity contribution in [1.29, 1.82) is 0 Å². The highest BCUT2D eigenvalue weighted by atomic mass is 16.2. The SMILES string of the molecule is CC(NC(=O)CCC(=O)NCCC1=CCCCC1)c1ccccc1. The maximum Gasteiger partial charge on any atom is 0.220 e. The second-order valence-corrected chi connectivity index (χ2v) is 6.41. The predicted octanol–water partition coefficient (Wildman–Crippen LogP) is 3.65. The van der Waals surface area contributed by atoms with Crippen molar-refractivity contribution in [3.8, 4) is 0 Å². The molecule has 2 rings (SSSR count). The minimum Gasteiger partial charge on any atom is -0.356 e. The predicted molar refractivity (Wildman–Crippen MR) is 96.4 cm³/mol. The molecule has 0 aliphatic heterocycles. The average Bonchev–Trinajstić information content (AvgIpc) is 2.61. The van der Waals surface area contributed by atoms with Gasteiger partial charge in [-0.25, -0.2) is 0 Å². The van der Waals surface area contributed by atoms with Gasteiger partial charge in [-0.3, -0.25) is 9.59 Å². The number of nitrogens with one attached hydrogen (secondary N) is 2. The smallest absolute Gasteiger partial charge is 0.220 e. The number of allylic oxidation sites excluding steroid dienone is 1.